The molecule has 0 spiro atoms. The van der Waals surface area contributed by atoms with Crippen LogP contribution in [0.3, 0.4) is 0 Å². The van der Waals surface area contributed by atoms with Crippen molar-refractivity contribution in [2.45, 2.75) is 102 Å². The molecule has 2 aliphatic rings. The molecule has 0 aliphatic heterocycles. The van der Waals surface area contributed by atoms with Crippen molar-refractivity contribution in [3.8, 4) is 0 Å². The number of aliphatic hydroxyl groups excluding tert-OH is 2. The van der Waals surface area contributed by atoms with E-state index in [1.165, 1.54) is 17.8 Å². The predicted molar refractivity (Wildman–Crippen MR) is 193 cm³/mol. The fourth-order valence-electron chi connectivity index (χ4n) is 5.47. The Morgan fingerprint density at radius 3 is 1.58 bits per heavy atom. The van der Waals surface area contributed by atoms with Crippen molar-refractivity contribution in [3.05, 3.63) is 70.2 Å². The summed E-state index contributed by atoms with van der Waals surface area (Å²) in [6.07, 6.45) is 9.63. The highest BCUT2D eigenvalue weighted by atomic mass is 35.5. The van der Waals surface area contributed by atoms with Gasteiger partial charge in [-0.05, 0) is 100 Å². The molecule has 4 aromatic rings. The monoisotopic (exact) mass is 732 g/mol. The number of benzene rings is 2. The second kappa shape index (κ2) is 17.0. The van der Waals surface area contributed by atoms with Gasteiger partial charge in [0.1, 0.15) is 17.5 Å². The lowest BCUT2D eigenvalue weighted by atomic mass is 9.93. The van der Waals surface area contributed by atoms with Gasteiger partial charge in [-0.1, -0.05) is 46.7 Å². The van der Waals surface area contributed by atoms with Crippen LogP contribution >= 0.6 is 46.7 Å². The van der Waals surface area contributed by atoms with Gasteiger partial charge < -0.3 is 32.3 Å². The summed E-state index contributed by atoms with van der Waals surface area (Å²) in [6.45, 7) is 2.03. The van der Waals surface area contributed by atoms with Crippen molar-refractivity contribution in [1.29, 1.82) is 0 Å². The SMILES string of the molecule is Cc1cc(Cl)ccc1Sc1cnc(N)nc1N[C@H]1CC[C@H](O)CC1.Nc1ncc(Sc2ccc(Cl)cc2F)c(N[C@H]2CC[C@H](O)CC2)n1. The van der Waals surface area contributed by atoms with E-state index in [1.807, 2.05) is 25.1 Å². The third kappa shape index (κ3) is 10.5. The molecule has 10 nitrogen and oxygen atoms in total. The van der Waals surface area contributed by atoms with Gasteiger partial charge in [0.25, 0.3) is 0 Å². The second-order valence-corrected chi connectivity index (χ2v) is 14.9. The Hall–Kier alpha value is -3.07. The van der Waals surface area contributed by atoms with E-state index < -0.39 is 5.82 Å². The number of nitrogens with two attached hydrogens (primary N) is 2. The van der Waals surface area contributed by atoms with Gasteiger partial charge in [-0.15, -0.1) is 0 Å². The fourth-order valence-corrected chi connectivity index (χ4v) is 7.60. The molecule has 256 valence electrons. The van der Waals surface area contributed by atoms with E-state index in [9.17, 15) is 14.6 Å². The van der Waals surface area contributed by atoms with Crippen LogP contribution in [0.1, 0.15) is 56.9 Å². The first kappa shape index (κ1) is 36.2. The second-order valence-electron chi connectivity index (χ2n) is 11.9. The molecule has 0 bridgehead atoms. The third-order valence-electron chi connectivity index (χ3n) is 8.09. The maximum Gasteiger partial charge on any atom is 0.221 e. The van der Waals surface area contributed by atoms with Crippen molar-refractivity contribution in [3.63, 3.8) is 0 Å². The average Bonchev–Trinajstić information content (AvgIpc) is 3.04. The van der Waals surface area contributed by atoms with Crippen molar-refractivity contribution in [1.82, 2.24) is 19.9 Å². The van der Waals surface area contributed by atoms with Gasteiger partial charge in [-0.25, -0.2) is 14.4 Å². The largest absolute Gasteiger partial charge is 0.393 e. The number of nitrogen functional groups attached to an aromatic ring is 2. The molecular weight excluding hydrogens is 694 g/mol. The lowest BCUT2D eigenvalue weighted by molar-refractivity contribution is 0.125. The molecule has 6 rings (SSSR count). The summed E-state index contributed by atoms with van der Waals surface area (Å²) in [5.74, 6) is 1.36. The van der Waals surface area contributed by atoms with Crippen LogP contribution in [-0.4, -0.2) is 54.4 Å². The molecule has 2 aromatic heterocycles. The minimum atomic E-state index is -0.393. The molecule has 15 heteroatoms. The number of hydrogen-bond donors (Lipinski definition) is 6. The van der Waals surface area contributed by atoms with Gasteiger partial charge >= 0.3 is 0 Å². The van der Waals surface area contributed by atoms with Gasteiger partial charge in [0.05, 0.1) is 22.0 Å². The molecule has 2 saturated carbocycles. The lowest BCUT2D eigenvalue weighted by Gasteiger charge is -2.27. The maximum absolute atomic E-state index is 14.0. The average molecular weight is 734 g/mol. The molecule has 2 aliphatic carbocycles. The van der Waals surface area contributed by atoms with E-state index in [2.05, 4.69) is 30.6 Å². The Balaban J connectivity index is 0.000000188. The van der Waals surface area contributed by atoms with E-state index in [0.717, 1.165) is 77.6 Å². The zero-order valence-electron chi connectivity index (χ0n) is 26.4. The number of nitrogens with zero attached hydrogens (tertiary/aromatic N) is 4. The van der Waals surface area contributed by atoms with E-state index in [4.69, 9.17) is 34.7 Å². The Morgan fingerprint density at radius 1 is 0.688 bits per heavy atom. The van der Waals surface area contributed by atoms with Gasteiger partial charge in [-0.3, -0.25) is 0 Å². The van der Waals surface area contributed by atoms with Crippen molar-refractivity contribution in [2.75, 3.05) is 22.1 Å². The fraction of sp³-hybridized carbons (Fsp3) is 0.394. The molecule has 2 heterocycles. The summed E-state index contributed by atoms with van der Waals surface area (Å²) in [7, 11) is 0. The molecule has 2 fully saturated rings. The number of halogens is 3. The summed E-state index contributed by atoms with van der Waals surface area (Å²) in [5.41, 5.74) is 12.6. The van der Waals surface area contributed by atoms with E-state index in [1.54, 1.807) is 36.3 Å². The quantitative estimate of drug-likeness (QED) is 0.105. The summed E-state index contributed by atoms with van der Waals surface area (Å²) < 4.78 is 14.0. The zero-order chi connectivity index (χ0) is 34.2. The molecule has 0 unspecified atom stereocenters. The molecule has 0 atom stereocenters. The Labute approximate surface area is 298 Å². The number of nitrogens with one attached hydrogen (secondary N) is 2. The van der Waals surface area contributed by atoms with E-state index in [0.29, 0.717) is 26.7 Å². The van der Waals surface area contributed by atoms with Crippen LogP contribution in [0.15, 0.2) is 68.4 Å². The van der Waals surface area contributed by atoms with Crippen LogP contribution in [0.4, 0.5) is 27.9 Å². The highest BCUT2D eigenvalue weighted by molar-refractivity contribution is 7.99. The standard InChI is InChI=1S/C17H21ClN4OS.C16H18ClFN4OS/c1-10-8-11(18)2-7-14(10)24-15-9-20-17(19)22-16(15)21-12-3-5-13(23)6-4-12;17-9-1-6-13(12(18)7-9)24-14-8-20-16(19)22-15(14)21-10-2-4-11(23)5-3-10/h2,7-9,12-13,23H,3-6H2,1H3,(H3,19,20,21,22);1,6-8,10-11,23H,2-5H2,(H3,19,20,21,22)/t12-,13-;10-,11-. The number of hydrogen-bond acceptors (Lipinski definition) is 12. The molecule has 0 saturated heterocycles. The molecule has 0 radical (unpaired) electrons. The van der Waals surface area contributed by atoms with Crippen LogP contribution in [0, 0.1) is 12.7 Å². The molecule has 0 amide bonds. The van der Waals surface area contributed by atoms with Gasteiger partial charge in [-0.2, -0.15) is 9.97 Å². The molecule has 2 aromatic carbocycles. The van der Waals surface area contributed by atoms with Crippen molar-refractivity contribution in [2.24, 2.45) is 0 Å². The number of rotatable bonds is 8. The topological polar surface area (TPSA) is 168 Å². The third-order valence-corrected chi connectivity index (χ3v) is 10.8. The van der Waals surface area contributed by atoms with Gasteiger partial charge in [0.2, 0.25) is 11.9 Å². The summed E-state index contributed by atoms with van der Waals surface area (Å²) in [4.78, 5) is 19.9. The van der Waals surface area contributed by atoms with Crippen molar-refractivity contribution >= 4 is 70.3 Å². The smallest absolute Gasteiger partial charge is 0.221 e. The highest BCUT2D eigenvalue weighted by Gasteiger charge is 2.22. The minimum Gasteiger partial charge on any atom is -0.393 e. The normalized spacial score (nSPS) is 20.8. The van der Waals surface area contributed by atoms with Crippen LogP contribution in [-0.2, 0) is 0 Å². The Morgan fingerprint density at radius 2 is 1.12 bits per heavy atom. The van der Waals surface area contributed by atoms with Crippen LogP contribution in [0.2, 0.25) is 10.0 Å². The Kier molecular flexibility index (Phi) is 12.9. The van der Waals surface area contributed by atoms with Crippen molar-refractivity contribution < 1.29 is 14.6 Å². The van der Waals surface area contributed by atoms with Crippen LogP contribution in [0.25, 0.3) is 0 Å². The van der Waals surface area contributed by atoms with E-state index in [-0.39, 0.29) is 30.1 Å². The van der Waals surface area contributed by atoms with E-state index >= 15 is 0 Å². The van der Waals surface area contributed by atoms with Crippen LogP contribution in [0.5, 0.6) is 0 Å². The van der Waals surface area contributed by atoms with Gasteiger partial charge in [0.15, 0.2) is 0 Å². The summed E-state index contributed by atoms with van der Waals surface area (Å²) >= 11 is 14.6. The zero-order valence-corrected chi connectivity index (χ0v) is 29.5. The highest BCUT2D eigenvalue weighted by Crippen LogP contribution is 2.37. The van der Waals surface area contributed by atoms with Crippen LogP contribution < -0.4 is 22.1 Å². The first-order valence-corrected chi connectivity index (χ1v) is 18.1. The molecule has 48 heavy (non-hydrogen) atoms. The number of aromatic nitrogens is 4. The molecule has 8 N–H and O–H groups in total. The predicted octanol–water partition coefficient (Wildman–Crippen LogP) is 7.61. The number of anilines is 4. The molecular formula is C33H39Cl2FN8O2S2. The minimum absolute atomic E-state index is 0.161. The lowest BCUT2D eigenvalue weighted by Crippen LogP contribution is -2.28. The maximum atomic E-state index is 14.0. The Bertz CT molecular complexity index is 1570. The summed E-state index contributed by atoms with van der Waals surface area (Å²) in [5, 5.41) is 27.2. The number of aryl methyl sites for hydroxylation is 1. The number of aliphatic hydroxyl groups is 2. The first-order chi connectivity index (χ1) is 23.0. The summed E-state index contributed by atoms with van der Waals surface area (Å²) in [6, 6.07) is 10.9. The first-order valence-electron chi connectivity index (χ1n) is 15.7. The van der Waals surface area contributed by atoms with Gasteiger partial charge in [0, 0.05) is 44.3 Å².